The third-order valence-corrected chi connectivity index (χ3v) is 5.14. The van der Waals surface area contributed by atoms with Crippen LogP contribution >= 0.6 is 0 Å². The van der Waals surface area contributed by atoms with E-state index >= 15 is 0 Å². The van der Waals surface area contributed by atoms with Gasteiger partial charge in [-0.2, -0.15) is 5.21 Å². The van der Waals surface area contributed by atoms with Crippen LogP contribution in [0, 0.1) is 0 Å². The van der Waals surface area contributed by atoms with Crippen LogP contribution in [0.5, 0.6) is 17.2 Å². The molecule has 2 aromatic heterocycles. The van der Waals surface area contributed by atoms with Gasteiger partial charge in [-0.3, -0.25) is 0 Å². The van der Waals surface area contributed by atoms with E-state index in [2.05, 4.69) is 31.7 Å². The molecule has 2 heterocycles. The molecule has 0 spiro atoms. The Kier molecular flexibility index (Phi) is 5.79. The summed E-state index contributed by atoms with van der Waals surface area (Å²) < 4.78 is 17.3. The molecule has 0 radical (unpaired) electrons. The number of nitrogens with zero attached hydrogens (tertiary/aromatic N) is 4. The number of tetrazole rings is 1. The highest BCUT2D eigenvalue weighted by molar-refractivity contribution is 5.78. The van der Waals surface area contributed by atoms with Gasteiger partial charge in [0.2, 0.25) is 5.82 Å². The highest BCUT2D eigenvalue weighted by atomic mass is 16.5. The van der Waals surface area contributed by atoms with E-state index in [4.69, 9.17) is 14.2 Å². The summed E-state index contributed by atoms with van der Waals surface area (Å²) in [6.45, 7) is 0.723. The van der Waals surface area contributed by atoms with Crippen LogP contribution in [0.15, 0.2) is 78.9 Å². The number of pyridine rings is 1. The Labute approximate surface area is 190 Å². The molecule has 0 saturated heterocycles. The molecule has 0 aliphatic heterocycles. The molecule has 3 aromatic carbocycles. The van der Waals surface area contributed by atoms with Crippen LogP contribution in [0.25, 0.3) is 22.3 Å². The maximum Gasteiger partial charge on any atom is 0.204 e. The van der Waals surface area contributed by atoms with Gasteiger partial charge in [-0.1, -0.05) is 24.3 Å². The molecular formula is C25H21N5O3. The van der Waals surface area contributed by atoms with Crippen molar-refractivity contribution in [3.63, 3.8) is 0 Å². The second-order valence-electron chi connectivity index (χ2n) is 7.31. The molecule has 1 N–H and O–H groups in total. The average Bonchev–Trinajstić information content (AvgIpc) is 3.42. The summed E-state index contributed by atoms with van der Waals surface area (Å²) in [6, 6.07) is 25.2. The largest absolute Gasteiger partial charge is 0.496 e. The smallest absolute Gasteiger partial charge is 0.204 e. The molecule has 0 unspecified atom stereocenters. The normalized spacial score (nSPS) is 10.8. The summed E-state index contributed by atoms with van der Waals surface area (Å²) in [7, 11) is 1.63. The number of fused-ring (bicyclic) bond motifs is 1. The van der Waals surface area contributed by atoms with E-state index in [0.29, 0.717) is 19.0 Å². The zero-order valence-corrected chi connectivity index (χ0v) is 17.9. The van der Waals surface area contributed by atoms with Gasteiger partial charge in [0.15, 0.2) is 0 Å². The zero-order chi connectivity index (χ0) is 22.5. The van der Waals surface area contributed by atoms with Gasteiger partial charge in [-0.25, -0.2) is 4.98 Å². The summed E-state index contributed by atoms with van der Waals surface area (Å²) in [5.41, 5.74) is 3.54. The number of nitrogens with one attached hydrogen (secondary N) is 1. The minimum absolute atomic E-state index is 0.329. The van der Waals surface area contributed by atoms with Crippen molar-refractivity contribution in [3.05, 3.63) is 90.1 Å². The van der Waals surface area contributed by atoms with Crippen molar-refractivity contribution < 1.29 is 14.2 Å². The molecule has 33 heavy (non-hydrogen) atoms. The van der Waals surface area contributed by atoms with Crippen LogP contribution in [0.1, 0.15) is 11.3 Å². The van der Waals surface area contributed by atoms with E-state index in [1.165, 1.54) is 0 Å². The summed E-state index contributed by atoms with van der Waals surface area (Å²) in [5.74, 6) is 2.71. The minimum Gasteiger partial charge on any atom is -0.496 e. The second kappa shape index (κ2) is 9.35. The molecule has 0 bridgehead atoms. The first-order chi connectivity index (χ1) is 16.3. The lowest BCUT2D eigenvalue weighted by atomic mass is 10.1. The van der Waals surface area contributed by atoms with Gasteiger partial charge in [0, 0.05) is 16.5 Å². The summed E-state index contributed by atoms with van der Waals surface area (Å²) in [5, 5.41) is 15.2. The van der Waals surface area contributed by atoms with Gasteiger partial charge >= 0.3 is 0 Å². The lowest BCUT2D eigenvalue weighted by Crippen LogP contribution is -2.00. The van der Waals surface area contributed by atoms with Crippen LogP contribution in [0.2, 0.25) is 0 Å². The van der Waals surface area contributed by atoms with E-state index in [1.54, 1.807) is 7.11 Å². The number of hydrogen-bond donors (Lipinski definition) is 1. The first-order valence-corrected chi connectivity index (χ1v) is 10.4. The Morgan fingerprint density at radius 3 is 2.36 bits per heavy atom. The van der Waals surface area contributed by atoms with Gasteiger partial charge in [-0.05, 0) is 59.8 Å². The summed E-state index contributed by atoms with van der Waals surface area (Å²) in [4.78, 5) is 4.64. The first-order valence-electron chi connectivity index (χ1n) is 10.4. The predicted molar refractivity (Wildman–Crippen MR) is 123 cm³/mol. The number of aromatic amines is 1. The van der Waals surface area contributed by atoms with E-state index in [9.17, 15) is 0 Å². The van der Waals surface area contributed by atoms with Crippen molar-refractivity contribution in [1.82, 2.24) is 25.6 Å². The molecule has 8 heteroatoms. The van der Waals surface area contributed by atoms with Crippen molar-refractivity contribution in [2.75, 3.05) is 7.11 Å². The third kappa shape index (κ3) is 4.74. The fourth-order valence-corrected chi connectivity index (χ4v) is 3.45. The van der Waals surface area contributed by atoms with Crippen LogP contribution in [0.4, 0.5) is 0 Å². The Morgan fingerprint density at radius 1 is 0.818 bits per heavy atom. The molecule has 164 valence electrons. The van der Waals surface area contributed by atoms with Crippen molar-refractivity contribution in [2.24, 2.45) is 0 Å². The molecule has 0 saturated carbocycles. The number of aromatic nitrogens is 5. The van der Waals surface area contributed by atoms with E-state index in [1.807, 2.05) is 72.8 Å². The molecule has 8 nitrogen and oxygen atoms in total. The number of H-pyrrole nitrogens is 1. The molecule has 0 aliphatic rings. The molecular weight excluding hydrogens is 418 g/mol. The number of benzene rings is 3. The van der Waals surface area contributed by atoms with E-state index in [0.717, 1.165) is 45.0 Å². The second-order valence-corrected chi connectivity index (χ2v) is 7.31. The minimum atomic E-state index is 0.329. The Balaban J connectivity index is 1.21. The maximum atomic E-state index is 5.96. The van der Waals surface area contributed by atoms with E-state index in [-0.39, 0.29) is 0 Å². The fourth-order valence-electron chi connectivity index (χ4n) is 3.45. The van der Waals surface area contributed by atoms with Crippen molar-refractivity contribution in [3.8, 4) is 28.6 Å². The van der Waals surface area contributed by atoms with Crippen LogP contribution < -0.4 is 14.2 Å². The number of para-hydroxylation sites is 1. The van der Waals surface area contributed by atoms with Crippen molar-refractivity contribution in [2.45, 2.75) is 13.2 Å². The molecule has 0 fully saturated rings. The van der Waals surface area contributed by atoms with Gasteiger partial charge in [0.05, 0.1) is 18.3 Å². The lowest BCUT2D eigenvalue weighted by molar-refractivity contribution is 0.290. The summed E-state index contributed by atoms with van der Waals surface area (Å²) in [6.07, 6.45) is 0. The number of ether oxygens (including phenoxy) is 3. The third-order valence-electron chi connectivity index (χ3n) is 5.14. The van der Waals surface area contributed by atoms with Crippen molar-refractivity contribution in [1.29, 1.82) is 0 Å². The maximum absolute atomic E-state index is 5.96. The van der Waals surface area contributed by atoms with Gasteiger partial charge in [-0.15, -0.1) is 10.2 Å². The Bertz CT molecular complexity index is 1350. The van der Waals surface area contributed by atoms with Crippen molar-refractivity contribution >= 4 is 10.9 Å². The van der Waals surface area contributed by atoms with Gasteiger partial charge < -0.3 is 14.2 Å². The van der Waals surface area contributed by atoms with Gasteiger partial charge in [0.1, 0.15) is 30.5 Å². The van der Waals surface area contributed by atoms with Crippen LogP contribution in [-0.2, 0) is 13.2 Å². The molecule has 0 aliphatic carbocycles. The molecule has 5 aromatic rings. The number of methoxy groups -OCH3 is 1. The topological polar surface area (TPSA) is 95.0 Å². The molecule has 0 amide bonds. The molecule has 5 rings (SSSR count). The quantitative estimate of drug-likeness (QED) is 0.378. The lowest BCUT2D eigenvalue weighted by Gasteiger charge is -2.12. The van der Waals surface area contributed by atoms with Crippen LogP contribution in [0.3, 0.4) is 0 Å². The highest BCUT2D eigenvalue weighted by Crippen LogP contribution is 2.26. The fraction of sp³-hybridized carbons (Fsp3) is 0.120. The highest BCUT2D eigenvalue weighted by Gasteiger charge is 2.10. The SMILES string of the molecule is COc1ccc(-c2nn[nH]n2)cc1COc1ccc(OCc2ccc3ccccc3n2)cc1. The standard InChI is InChI=1S/C25H21N5O3/c1-31-24-13-7-18(25-27-29-30-28-25)14-19(24)15-32-21-9-11-22(12-10-21)33-16-20-8-6-17-4-2-3-5-23(17)26-20/h2-14H,15-16H2,1H3,(H,27,28,29,30). The Hall–Kier alpha value is -4.46. The van der Waals surface area contributed by atoms with Gasteiger partial charge in [0.25, 0.3) is 0 Å². The predicted octanol–water partition coefficient (Wildman–Crippen LogP) is 4.58. The Morgan fingerprint density at radius 2 is 1.61 bits per heavy atom. The first kappa shape index (κ1) is 20.4. The average molecular weight is 439 g/mol. The summed E-state index contributed by atoms with van der Waals surface area (Å²) >= 11 is 0. The zero-order valence-electron chi connectivity index (χ0n) is 17.9. The number of hydrogen-bond acceptors (Lipinski definition) is 7. The van der Waals surface area contributed by atoms with E-state index < -0.39 is 0 Å². The van der Waals surface area contributed by atoms with Crippen LogP contribution in [-0.4, -0.2) is 32.7 Å². The monoisotopic (exact) mass is 439 g/mol. The molecule has 0 atom stereocenters. The number of rotatable bonds is 8.